The number of carbonyl (C=O) groups excluding carboxylic acids is 2. The predicted octanol–water partition coefficient (Wildman–Crippen LogP) is 2.97. The number of hydrogen-bond donors (Lipinski definition) is 6. The van der Waals surface area contributed by atoms with E-state index < -0.39 is 64.7 Å². The Morgan fingerprint density at radius 2 is 1.19 bits per heavy atom. The first-order valence-corrected chi connectivity index (χ1v) is 16.2. The number of allylic oxidation sites excluding steroid dienone is 6. The Bertz CT molecular complexity index is 2240. The topological polar surface area (TPSA) is 266 Å². The first-order chi connectivity index (χ1) is 22.3. The van der Waals surface area contributed by atoms with E-state index in [1.165, 1.54) is 44.2 Å². The van der Waals surface area contributed by atoms with Crippen LogP contribution in [-0.4, -0.2) is 71.1 Å². The Morgan fingerprint density at radius 3 is 1.67 bits per heavy atom. The quantitative estimate of drug-likeness (QED) is 0.0686. The molecule has 0 aromatic heterocycles. The molecule has 0 spiro atoms. The molecule has 16 nitrogen and oxygen atoms in total. The van der Waals surface area contributed by atoms with Gasteiger partial charge in [-0.25, -0.2) is 9.59 Å². The van der Waals surface area contributed by atoms with E-state index in [1.807, 2.05) is 0 Å². The van der Waals surface area contributed by atoms with Crippen molar-refractivity contribution in [2.75, 3.05) is 10.9 Å². The Hall–Kier alpha value is -5.82. The molecular formula is C30H24N4O12S2. The number of nitrogens with one attached hydrogen (secondary N) is 2. The van der Waals surface area contributed by atoms with Crippen molar-refractivity contribution in [2.24, 2.45) is 10.2 Å². The summed E-state index contributed by atoms with van der Waals surface area (Å²) < 4.78 is 68.7. The van der Waals surface area contributed by atoms with E-state index in [0.29, 0.717) is 0 Å². The van der Waals surface area contributed by atoms with Gasteiger partial charge in [0.15, 0.2) is 11.6 Å². The standard InChI is InChI=1S/C30H24N4O12S2/c1-15-10-22(35)14-23(29(37)38)27(15)34-32-20-8-6-18(26(13-20)48(44,45)46)4-3-17-5-7-19(12-25(17)47(41,42)43)31-33-21-9-16(2)28(36)24(11-21)30(39)40/h3-14,31-32H,1-2H3,(H,37,38)(H,39,40)(H,41,42,43)(H,44,45,46). The zero-order valence-electron chi connectivity index (χ0n) is 24.7. The molecule has 0 atom stereocenters. The van der Waals surface area contributed by atoms with Crippen LogP contribution in [-0.2, 0) is 39.4 Å². The summed E-state index contributed by atoms with van der Waals surface area (Å²) >= 11 is 0. The molecule has 0 unspecified atom stereocenters. The molecule has 2 aliphatic rings. The van der Waals surface area contributed by atoms with Crippen molar-refractivity contribution >= 4 is 78.7 Å². The molecule has 2 aromatic carbocycles. The van der Waals surface area contributed by atoms with Crippen LogP contribution in [0.15, 0.2) is 103 Å². The molecule has 4 rings (SSSR count). The van der Waals surface area contributed by atoms with Crippen molar-refractivity contribution in [1.82, 2.24) is 0 Å². The second kappa shape index (κ2) is 13.5. The van der Waals surface area contributed by atoms with E-state index in [4.69, 9.17) is 0 Å². The first kappa shape index (κ1) is 35.0. The highest BCUT2D eigenvalue weighted by Crippen LogP contribution is 2.27. The SMILES string of the molecule is CC1=CC(=NNc2ccc(C=Cc3ccc(NN=C4C(C)=CC(=O)C=C4C(=O)O)cc3S(=O)(=O)O)c(S(=O)(=O)O)c2)C=C(C(=O)O)C1=O. The maximum Gasteiger partial charge on any atom is 0.339 e. The molecule has 248 valence electrons. The fourth-order valence-corrected chi connectivity index (χ4v) is 5.81. The third-order valence-electron chi connectivity index (χ3n) is 6.63. The van der Waals surface area contributed by atoms with Crippen LogP contribution in [0.2, 0.25) is 0 Å². The van der Waals surface area contributed by atoms with Crippen LogP contribution in [0.1, 0.15) is 25.0 Å². The van der Waals surface area contributed by atoms with Crippen LogP contribution >= 0.6 is 0 Å². The monoisotopic (exact) mass is 696 g/mol. The van der Waals surface area contributed by atoms with E-state index in [9.17, 15) is 55.3 Å². The van der Waals surface area contributed by atoms with Gasteiger partial charge in [0, 0.05) is 6.08 Å². The minimum absolute atomic E-state index is 0.00456. The Kier molecular flexibility index (Phi) is 9.85. The van der Waals surface area contributed by atoms with Gasteiger partial charge in [0.2, 0.25) is 0 Å². The summed E-state index contributed by atoms with van der Waals surface area (Å²) in [6.45, 7) is 2.85. The fourth-order valence-electron chi connectivity index (χ4n) is 4.40. The van der Waals surface area contributed by atoms with Gasteiger partial charge in [0.05, 0.1) is 22.7 Å². The van der Waals surface area contributed by atoms with Crippen LogP contribution in [0.3, 0.4) is 0 Å². The molecule has 0 fully saturated rings. The van der Waals surface area contributed by atoms with Gasteiger partial charge in [-0.05, 0) is 78.6 Å². The highest BCUT2D eigenvalue weighted by Gasteiger charge is 2.24. The van der Waals surface area contributed by atoms with Crippen LogP contribution in [0, 0.1) is 0 Å². The Morgan fingerprint density at radius 1 is 0.688 bits per heavy atom. The number of carboxylic acid groups (broad SMARTS) is 2. The summed E-state index contributed by atoms with van der Waals surface area (Å²) in [4.78, 5) is 45.3. The molecule has 0 bridgehead atoms. The summed E-state index contributed by atoms with van der Waals surface area (Å²) in [6, 6.07) is 7.11. The van der Waals surface area contributed by atoms with E-state index in [2.05, 4.69) is 21.1 Å². The number of carboxylic acids is 2. The van der Waals surface area contributed by atoms with Crippen molar-refractivity contribution in [3.63, 3.8) is 0 Å². The lowest BCUT2D eigenvalue weighted by atomic mass is 9.96. The number of hydrazone groups is 2. The molecule has 18 heteroatoms. The molecule has 0 radical (unpaired) electrons. The lowest BCUT2D eigenvalue weighted by Crippen LogP contribution is -2.20. The second-order valence-corrected chi connectivity index (χ2v) is 12.9. The van der Waals surface area contributed by atoms with Crippen LogP contribution in [0.5, 0.6) is 0 Å². The zero-order chi connectivity index (χ0) is 35.6. The molecule has 0 saturated carbocycles. The predicted molar refractivity (Wildman–Crippen MR) is 173 cm³/mol. The molecule has 2 aromatic rings. The maximum atomic E-state index is 12.2. The molecule has 6 N–H and O–H groups in total. The normalized spacial score (nSPS) is 17.2. The second-order valence-electron chi connectivity index (χ2n) is 10.1. The summed E-state index contributed by atoms with van der Waals surface area (Å²) in [5, 5.41) is 26.6. The summed E-state index contributed by atoms with van der Waals surface area (Å²) in [5.41, 5.74) is 4.17. The molecule has 0 saturated heterocycles. The number of rotatable bonds is 10. The highest BCUT2D eigenvalue weighted by molar-refractivity contribution is 7.86. The molecule has 0 heterocycles. The van der Waals surface area contributed by atoms with Gasteiger partial charge < -0.3 is 10.2 Å². The van der Waals surface area contributed by atoms with E-state index >= 15 is 0 Å². The van der Waals surface area contributed by atoms with Gasteiger partial charge in [-0.1, -0.05) is 24.3 Å². The Balaban J connectivity index is 1.65. The number of Topliss-reactive ketones (excluding diaryl/α,β-unsaturated/α-hetero) is 1. The molecule has 48 heavy (non-hydrogen) atoms. The van der Waals surface area contributed by atoms with Crippen LogP contribution < -0.4 is 10.9 Å². The number of benzene rings is 2. The number of nitrogens with zero attached hydrogens (tertiary/aromatic N) is 2. The summed E-state index contributed by atoms with van der Waals surface area (Å²) in [7, 11) is -9.76. The van der Waals surface area contributed by atoms with Crippen molar-refractivity contribution in [3.05, 3.63) is 94.1 Å². The number of anilines is 2. The first-order valence-electron chi connectivity index (χ1n) is 13.3. The van der Waals surface area contributed by atoms with Gasteiger partial charge in [-0.2, -0.15) is 27.0 Å². The third-order valence-corrected chi connectivity index (χ3v) is 8.45. The zero-order valence-corrected chi connectivity index (χ0v) is 26.3. The average Bonchev–Trinajstić information content (AvgIpc) is 2.99. The largest absolute Gasteiger partial charge is 0.478 e. The fraction of sp³-hybridized carbons (Fsp3) is 0.0667. The minimum atomic E-state index is -4.89. The van der Waals surface area contributed by atoms with E-state index in [-0.39, 0.29) is 45.1 Å². The summed E-state index contributed by atoms with van der Waals surface area (Å²) in [6.07, 6.45) is 6.65. The van der Waals surface area contributed by atoms with E-state index in [0.717, 1.165) is 42.5 Å². The van der Waals surface area contributed by atoms with Crippen molar-refractivity contribution in [2.45, 2.75) is 23.6 Å². The van der Waals surface area contributed by atoms with Crippen molar-refractivity contribution < 1.29 is 55.3 Å². The van der Waals surface area contributed by atoms with Gasteiger partial charge in [-0.15, -0.1) is 0 Å². The van der Waals surface area contributed by atoms with Gasteiger partial charge >= 0.3 is 11.9 Å². The van der Waals surface area contributed by atoms with Crippen molar-refractivity contribution in [1.29, 1.82) is 0 Å². The highest BCUT2D eigenvalue weighted by atomic mass is 32.2. The molecular weight excluding hydrogens is 672 g/mol. The molecule has 2 aliphatic carbocycles. The third kappa shape index (κ3) is 8.12. The number of aliphatic carboxylic acids is 2. The number of carbonyl (C=O) groups is 4. The molecule has 0 aliphatic heterocycles. The van der Waals surface area contributed by atoms with Crippen molar-refractivity contribution in [3.8, 4) is 0 Å². The van der Waals surface area contributed by atoms with Crippen LogP contribution in [0.25, 0.3) is 12.2 Å². The average molecular weight is 697 g/mol. The molecule has 0 amide bonds. The van der Waals surface area contributed by atoms with Crippen LogP contribution in [0.4, 0.5) is 11.4 Å². The van der Waals surface area contributed by atoms with Gasteiger partial charge in [-0.3, -0.25) is 29.5 Å². The summed E-state index contributed by atoms with van der Waals surface area (Å²) in [5.74, 6) is -4.12. The van der Waals surface area contributed by atoms with Gasteiger partial charge in [0.1, 0.15) is 21.1 Å². The maximum absolute atomic E-state index is 12.2. The Labute approximate surface area is 272 Å². The lowest BCUT2D eigenvalue weighted by Gasteiger charge is -2.13. The van der Waals surface area contributed by atoms with E-state index in [1.54, 1.807) is 0 Å². The lowest BCUT2D eigenvalue weighted by molar-refractivity contribution is -0.134. The minimum Gasteiger partial charge on any atom is -0.478 e. The number of ketones is 2. The smallest absolute Gasteiger partial charge is 0.339 e. The van der Waals surface area contributed by atoms with Gasteiger partial charge in [0.25, 0.3) is 20.2 Å². The number of hydrogen-bond acceptors (Lipinski definition) is 12.